The lowest BCUT2D eigenvalue weighted by Gasteiger charge is -2.35. The number of hydrogen-bond donors (Lipinski definition) is 13. The Labute approximate surface area is 402 Å². The molecular formula is C47H62N8O15. The van der Waals surface area contributed by atoms with Crippen molar-refractivity contribution in [2.75, 3.05) is 33.8 Å². The number of carbonyl (C=O) groups is 8. The number of likely N-dealkylation sites (N-methyl/N-ethyl adjacent to an activating group) is 1. The molecule has 70 heavy (non-hydrogen) atoms. The number of aromatic nitrogens is 1. The van der Waals surface area contributed by atoms with Crippen molar-refractivity contribution in [3.63, 3.8) is 0 Å². The summed E-state index contributed by atoms with van der Waals surface area (Å²) in [6.07, 6.45) is -4.06. The van der Waals surface area contributed by atoms with Crippen LogP contribution in [0.25, 0.3) is 17.0 Å². The van der Waals surface area contributed by atoms with E-state index >= 15 is 0 Å². The number of allylic oxidation sites excluding steroid dienone is 1. The summed E-state index contributed by atoms with van der Waals surface area (Å²) in [5, 5.41) is 80.8. The number of nitrogens with one attached hydrogen (secondary N) is 7. The maximum absolute atomic E-state index is 13.7. The van der Waals surface area contributed by atoms with Gasteiger partial charge in [0.1, 0.15) is 23.6 Å². The number of carbonyl (C=O) groups excluding carboxylic acids is 7. The molecule has 0 bridgehead atoms. The number of unbranched alkanes of at least 4 members (excludes halogenated alkanes) is 2. The van der Waals surface area contributed by atoms with Crippen LogP contribution in [-0.2, 0) is 40.0 Å². The number of aliphatic hydroxyl groups excluding tert-OH is 4. The number of fused-ring (bicyclic) bond motifs is 2. The van der Waals surface area contributed by atoms with Crippen LogP contribution in [0, 0.1) is 5.92 Å². The Morgan fingerprint density at radius 3 is 2.30 bits per heavy atom. The molecule has 5 rings (SSSR count). The molecule has 7 amide bonds. The third-order valence-corrected chi connectivity index (χ3v) is 12.3. The van der Waals surface area contributed by atoms with E-state index in [9.17, 15) is 69.0 Å². The quantitative estimate of drug-likeness (QED) is 0.0818. The fourth-order valence-electron chi connectivity index (χ4n) is 8.26. The molecule has 0 aliphatic carbocycles. The second-order valence-electron chi connectivity index (χ2n) is 17.7. The molecular weight excluding hydrogens is 917 g/mol. The van der Waals surface area contributed by atoms with E-state index in [2.05, 4.69) is 36.9 Å². The lowest BCUT2D eigenvalue weighted by atomic mass is 9.88. The second-order valence-corrected chi connectivity index (χ2v) is 17.7. The molecule has 0 spiro atoms. The van der Waals surface area contributed by atoms with Gasteiger partial charge < -0.3 is 77.2 Å². The van der Waals surface area contributed by atoms with Crippen LogP contribution in [0.3, 0.4) is 0 Å². The Morgan fingerprint density at radius 1 is 0.886 bits per heavy atom. The van der Waals surface area contributed by atoms with Gasteiger partial charge in [-0.25, -0.2) is 4.79 Å². The number of carboxylic acid groups (broad SMARTS) is 1. The highest BCUT2D eigenvalue weighted by atomic mass is 16.5. The minimum Gasteiger partial charge on any atom is -0.497 e. The fourth-order valence-corrected chi connectivity index (χ4v) is 8.26. The van der Waals surface area contributed by atoms with Gasteiger partial charge >= 0.3 is 5.97 Å². The predicted octanol–water partition coefficient (Wildman–Crippen LogP) is -2.08. The van der Waals surface area contributed by atoms with Gasteiger partial charge in [-0.05, 0) is 54.5 Å². The SMILES string of the molecule is COc1ccc(/C=C/CCCC[C@H](C)[C@H](O)[C@@H](O)[C@H]2NC(=O)C[C@H](O)CNC(=O)CNC(=O)[C@@H](Cc3c(C(=O)O)[nH]c4ccccc34)NC(=O)CN(C)C(=O)C[C@@]3(O)NC(=O)C[C@@H]3NC(=O)[C@@H]2O)cc1. The van der Waals surface area contributed by atoms with Gasteiger partial charge in [0.05, 0.1) is 63.8 Å². The van der Waals surface area contributed by atoms with E-state index in [0.29, 0.717) is 36.6 Å². The summed E-state index contributed by atoms with van der Waals surface area (Å²) in [5.41, 5.74) is -1.26. The first-order valence-corrected chi connectivity index (χ1v) is 22.8. The van der Waals surface area contributed by atoms with Gasteiger partial charge in [-0.1, -0.05) is 55.8 Å². The van der Waals surface area contributed by atoms with E-state index in [1.54, 1.807) is 38.3 Å². The van der Waals surface area contributed by atoms with Crippen molar-refractivity contribution in [1.29, 1.82) is 0 Å². The highest BCUT2D eigenvalue weighted by molar-refractivity contribution is 5.99. The molecule has 3 heterocycles. The first-order valence-electron chi connectivity index (χ1n) is 22.8. The molecule has 13 N–H and O–H groups in total. The Kier molecular flexibility index (Phi) is 19.0. The number of H-pyrrole nitrogens is 1. The number of methoxy groups -OCH3 is 1. The molecule has 2 aliphatic rings. The summed E-state index contributed by atoms with van der Waals surface area (Å²) in [4.78, 5) is 109. The van der Waals surface area contributed by atoms with E-state index in [1.807, 2.05) is 36.4 Å². The number of nitrogens with zero attached hydrogens (tertiary/aromatic N) is 1. The molecule has 2 saturated heterocycles. The van der Waals surface area contributed by atoms with Crippen molar-refractivity contribution in [2.45, 2.75) is 107 Å². The number of ether oxygens (including phenoxy) is 1. The number of aliphatic hydroxyl groups is 5. The third-order valence-electron chi connectivity index (χ3n) is 12.3. The number of β-amino-alcohol motifs (C(OH)–C–C–N with tert-alkyl or cyclic N) is 1. The van der Waals surface area contributed by atoms with Crippen LogP contribution in [-0.4, -0.2) is 170 Å². The van der Waals surface area contributed by atoms with E-state index in [0.717, 1.165) is 16.2 Å². The summed E-state index contributed by atoms with van der Waals surface area (Å²) in [5.74, 6) is -8.20. The van der Waals surface area contributed by atoms with Crippen molar-refractivity contribution < 1.29 is 73.7 Å². The fraction of sp³-hybridized carbons (Fsp3) is 0.489. The highest BCUT2D eigenvalue weighted by Crippen LogP contribution is 2.26. The zero-order valence-corrected chi connectivity index (χ0v) is 39.0. The summed E-state index contributed by atoms with van der Waals surface area (Å²) in [6, 6.07) is 8.87. The third kappa shape index (κ3) is 14.6. The molecule has 23 nitrogen and oxygen atoms in total. The Morgan fingerprint density at radius 2 is 1.60 bits per heavy atom. The topological polar surface area (TPSA) is 358 Å². The van der Waals surface area contributed by atoms with Crippen LogP contribution in [0.4, 0.5) is 0 Å². The molecule has 23 heteroatoms. The average Bonchev–Trinajstić information content (AvgIpc) is 3.83. The molecule has 9 atom stereocenters. The largest absolute Gasteiger partial charge is 0.497 e. The maximum atomic E-state index is 13.7. The Balaban J connectivity index is 1.33. The monoisotopic (exact) mass is 978 g/mol. The molecule has 2 fully saturated rings. The van der Waals surface area contributed by atoms with Crippen molar-refractivity contribution in [3.05, 3.63) is 71.4 Å². The van der Waals surface area contributed by atoms with Gasteiger partial charge in [0.15, 0.2) is 11.8 Å². The lowest BCUT2D eigenvalue weighted by molar-refractivity contribution is -0.145. The van der Waals surface area contributed by atoms with Crippen LogP contribution in [0.5, 0.6) is 5.75 Å². The highest BCUT2D eigenvalue weighted by Gasteiger charge is 2.49. The molecule has 2 aromatic carbocycles. The second kappa shape index (κ2) is 24.6. The standard InChI is InChI=1S/C47H62N8O15/c1-25(10-6-4-5-7-11-26-14-16-28(70-3)17-15-26)41(62)42(63)40-43(64)45(66)52-33-20-35(58)54-47(33,69)21-38(61)55(2)24-37(60)50-32(19-30-29-12-8-9-13-31(29)51-39(30)46(67)68)44(65)49-23-36(59)48-22-27(56)18-34(57)53-40/h7-9,11-17,25,27,32-33,40-43,51,56,62-64,69H,4-6,10,18-24H2,1-3H3,(H,48,59)(H,49,65)(H,50,60)(H,52,66)(H,53,57)(H,54,58)(H,67,68)/b11-7+/t25-,27-,32+,33-,40+,41-,42-,43+,47-/m0/s1. The number of benzene rings is 2. The van der Waals surface area contributed by atoms with Crippen molar-refractivity contribution in [1.82, 2.24) is 41.8 Å². The van der Waals surface area contributed by atoms with Crippen molar-refractivity contribution in [2.24, 2.45) is 5.92 Å². The zero-order chi connectivity index (χ0) is 51.3. The molecule has 0 radical (unpaired) electrons. The summed E-state index contributed by atoms with van der Waals surface area (Å²) in [7, 11) is 2.74. The molecule has 3 aromatic rings. The van der Waals surface area contributed by atoms with E-state index in [4.69, 9.17) is 4.74 Å². The predicted molar refractivity (Wildman–Crippen MR) is 249 cm³/mol. The van der Waals surface area contributed by atoms with Gasteiger partial charge in [0, 0.05) is 30.9 Å². The number of para-hydroxylation sites is 1. The number of aromatic amines is 1. The number of carboxylic acids is 1. The van der Waals surface area contributed by atoms with E-state index in [-0.39, 0.29) is 11.3 Å². The maximum Gasteiger partial charge on any atom is 0.352 e. The minimum atomic E-state index is -2.51. The van der Waals surface area contributed by atoms with Crippen LogP contribution in [0.15, 0.2) is 54.6 Å². The number of aromatic carboxylic acids is 1. The Hall–Kier alpha value is -6.92. The molecule has 2 aliphatic heterocycles. The van der Waals surface area contributed by atoms with E-state index in [1.165, 1.54) is 7.05 Å². The molecule has 0 saturated carbocycles. The average molecular weight is 979 g/mol. The number of amides is 7. The zero-order valence-electron chi connectivity index (χ0n) is 39.0. The van der Waals surface area contributed by atoms with Gasteiger partial charge in [0.25, 0.3) is 5.91 Å². The van der Waals surface area contributed by atoms with Crippen LogP contribution >= 0.6 is 0 Å². The lowest BCUT2D eigenvalue weighted by Crippen LogP contribution is -2.63. The van der Waals surface area contributed by atoms with Crippen molar-refractivity contribution >= 4 is 64.3 Å². The van der Waals surface area contributed by atoms with Gasteiger partial charge in [0.2, 0.25) is 35.4 Å². The first-order chi connectivity index (χ1) is 33.2. The number of hydrogen-bond acceptors (Lipinski definition) is 14. The summed E-state index contributed by atoms with van der Waals surface area (Å²) < 4.78 is 5.18. The van der Waals surface area contributed by atoms with Crippen LogP contribution in [0.2, 0.25) is 0 Å². The first kappa shape index (κ1) is 54.0. The smallest absolute Gasteiger partial charge is 0.352 e. The van der Waals surface area contributed by atoms with Gasteiger partial charge in [-0.15, -0.1) is 0 Å². The molecule has 380 valence electrons. The Bertz CT molecular complexity index is 2410. The number of rotatable bonds is 13. The summed E-state index contributed by atoms with van der Waals surface area (Å²) in [6.45, 7) is -0.413. The van der Waals surface area contributed by atoms with Crippen molar-refractivity contribution in [3.8, 4) is 5.75 Å². The minimum absolute atomic E-state index is 0.133. The molecule has 0 unspecified atom stereocenters. The van der Waals surface area contributed by atoms with Crippen LogP contribution < -0.4 is 36.6 Å². The van der Waals surface area contributed by atoms with Crippen LogP contribution in [0.1, 0.15) is 73.5 Å². The van der Waals surface area contributed by atoms with Gasteiger partial charge in [-0.3, -0.25) is 33.6 Å². The van der Waals surface area contributed by atoms with E-state index < -0.39 is 147 Å². The summed E-state index contributed by atoms with van der Waals surface area (Å²) >= 11 is 0. The van der Waals surface area contributed by atoms with Gasteiger partial charge in [-0.2, -0.15) is 0 Å². The molecule has 1 aromatic heterocycles. The normalized spacial score (nSPS) is 25.2.